The average molecular weight is 271 g/mol. The number of rotatable bonds is 1. The molecule has 2 heterocycles. The molecule has 5 heteroatoms. The molecule has 0 aliphatic carbocycles. The summed E-state index contributed by atoms with van der Waals surface area (Å²) in [5.41, 5.74) is -0.541. The normalized spacial score (nSPS) is 26.4. The first-order valence-corrected chi connectivity index (χ1v) is 6.99. The molecule has 1 spiro atoms. The number of ether oxygens (including phenoxy) is 3. The van der Waals surface area contributed by atoms with Gasteiger partial charge in [-0.1, -0.05) is 0 Å². The molecule has 0 saturated carbocycles. The predicted octanol–water partition coefficient (Wildman–Crippen LogP) is 2.19. The lowest BCUT2D eigenvalue weighted by Crippen LogP contribution is -2.42. The average Bonchev–Trinajstić information content (AvgIpc) is 2.71. The van der Waals surface area contributed by atoms with Gasteiger partial charge in [-0.3, -0.25) is 0 Å². The summed E-state index contributed by atoms with van der Waals surface area (Å²) in [5, 5.41) is 0. The van der Waals surface area contributed by atoms with Gasteiger partial charge in [0.25, 0.3) is 0 Å². The Morgan fingerprint density at radius 3 is 2.53 bits per heavy atom. The van der Waals surface area contributed by atoms with Gasteiger partial charge in [-0.05, 0) is 40.0 Å². The molecule has 2 saturated heterocycles. The zero-order valence-corrected chi connectivity index (χ0v) is 12.4. The monoisotopic (exact) mass is 271 g/mol. The fourth-order valence-electron chi connectivity index (χ4n) is 2.64. The van der Waals surface area contributed by atoms with Crippen molar-refractivity contribution < 1.29 is 19.0 Å². The Balaban J connectivity index is 1.91. The number of carbonyl (C=O) groups excluding carboxylic acids is 1. The quantitative estimate of drug-likeness (QED) is 0.733. The van der Waals surface area contributed by atoms with E-state index in [-0.39, 0.29) is 17.7 Å². The van der Waals surface area contributed by atoms with Crippen molar-refractivity contribution in [3.8, 4) is 0 Å². The lowest BCUT2D eigenvalue weighted by atomic mass is 9.89. The highest BCUT2D eigenvalue weighted by Gasteiger charge is 2.44. The van der Waals surface area contributed by atoms with E-state index in [4.69, 9.17) is 14.2 Å². The Bertz CT molecular complexity index is 331. The molecule has 2 rings (SSSR count). The summed E-state index contributed by atoms with van der Waals surface area (Å²) < 4.78 is 16.7. The number of carbonyl (C=O) groups is 1. The van der Waals surface area contributed by atoms with Crippen molar-refractivity contribution in [1.29, 1.82) is 0 Å². The van der Waals surface area contributed by atoms with E-state index in [0.717, 1.165) is 32.5 Å². The minimum atomic E-state index is -0.457. The largest absolute Gasteiger partial charge is 0.444 e. The Labute approximate surface area is 115 Å². The van der Waals surface area contributed by atoms with Crippen molar-refractivity contribution in [2.75, 3.05) is 26.9 Å². The summed E-state index contributed by atoms with van der Waals surface area (Å²) in [6.45, 7) is 7.74. The maximum Gasteiger partial charge on any atom is 0.410 e. The van der Waals surface area contributed by atoms with Crippen molar-refractivity contribution in [3.05, 3.63) is 0 Å². The van der Waals surface area contributed by atoms with E-state index in [0.29, 0.717) is 6.61 Å². The van der Waals surface area contributed by atoms with Crippen LogP contribution in [-0.2, 0) is 14.2 Å². The third kappa shape index (κ3) is 3.60. The molecule has 5 nitrogen and oxygen atoms in total. The highest BCUT2D eigenvalue weighted by atomic mass is 16.6. The third-order valence-corrected chi connectivity index (χ3v) is 3.82. The zero-order valence-electron chi connectivity index (χ0n) is 12.4. The Hall–Kier alpha value is -0.810. The van der Waals surface area contributed by atoms with E-state index in [2.05, 4.69) is 0 Å². The SMILES string of the molecule is CN(C(=O)OC(C)(C)C)[C@H]1COC2(CCOCC2)C1. The van der Waals surface area contributed by atoms with Crippen LogP contribution in [0.25, 0.3) is 0 Å². The molecule has 0 unspecified atom stereocenters. The van der Waals surface area contributed by atoms with E-state index in [9.17, 15) is 4.79 Å². The molecule has 2 aliphatic heterocycles. The van der Waals surface area contributed by atoms with Crippen LogP contribution in [0.4, 0.5) is 4.79 Å². The van der Waals surface area contributed by atoms with Gasteiger partial charge in [0.2, 0.25) is 0 Å². The molecule has 0 aromatic carbocycles. The highest BCUT2D eigenvalue weighted by molar-refractivity contribution is 5.68. The summed E-state index contributed by atoms with van der Waals surface area (Å²) in [7, 11) is 1.79. The van der Waals surface area contributed by atoms with Crippen LogP contribution in [0.15, 0.2) is 0 Å². The Kier molecular flexibility index (Phi) is 4.06. The zero-order chi connectivity index (χ0) is 14.1. The van der Waals surface area contributed by atoms with Crippen LogP contribution in [0.2, 0.25) is 0 Å². The summed E-state index contributed by atoms with van der Waals surface area (Å²) in [6.07, 6.45) is 2.45. The molecule has 0 aromatic heterocycles. The minimum Gasteiger partial charge on any atom is -0.444 e. The molecule has 0 bridgehead atoms. The van der Waals surface area contributed by atoms with Crippen molar-refractivity contribution in [2.45, 2.75) is 57.3 Å². The molecular formula is C14H25NO4. The maximum absolute atomic E-state index is 12.0. The van der Waals surface area contributed by atoms with E-state index in [1.165, 1.54) is 0 Å². The molecule has 1 atom stereocenters. The second-order valence-corrected chi connectivity index (χ2v) is 6.56. The van der Waals surface area contributed by atoms with Crippen molar-refractivity contribution in [3.63, 3.8) is 0 Å². The van der Waals surface area contributed by atoms with Crippen LogP contribution in [0.1, 0.15) is 40.0 Å². The topological polar surface area (TPSA) is 48.0 Å². The molecule has 0 N–H and O–H groups in total. The summed E-state index contributed by atoms with van der Waals surface area (Å²) in [6, 6.07) is 0.105. The van der Waals surface area contributed by atoms with E-state index < -0.39 is 5.60 Å². The second-order valence-electron chi connectivity index (χ2n) is 6.56. The molecule has 1 amide bonds. The van der Waals surface area contributed by atoms with E-state index in [1.807, 2.05) is 20.8 Å². The maximum atomic E-state index is 12.0. The molecule has 19 heavy (non-hydrogen) atoms. The molecule has 2 fully saturated rings. The van der Waals surface area contributed by atoms with E-state index in [1.54, 1.807) is 11.9 Å². The van der Waals surface area contributed by atoms with Crippen molar-refractivity contribution in [1.82, 2.24) is 4.90 Å². The van der Waals surface area contributed by atoms with Crippen LogP contribution in [0, 0.1) is 0 Å². The van der Waals surface area contributed by atoms with Crippen LogP contribution in [0.3, 0.4) is 0 Å². The summed E-state index contributed by atoms with van der Waals surface area (Å²) >= 11 is 0. The van der Waals surface area contributed by atoms with Gasteiger partial charge in [-0.2, -0.15) is 0 Å². The number of likely N-dealkylation sites (N-methyl/N-ethyl adjacent to an activating group) is 1. The van der Waals surface area contributed by atoms with Gasteiger partial charge in [0.15, 0.2) is 0 Å². The lowest BCUT2D eigenvalue weighted by Gasteiger charge is -2.33. The van der Waals surface area contributed by atoms with Crippen LogP contribution >= 0.6 is 0 Å². The minimum absolute atomic E-state index is 0.0841. The first-order chi connectivity index (χ1) is 8.81. The number of hydrogen-bond donors (Lipinski definition) is 0. The first kappa shape index (κ1) is 14.6. The van der Waals surface area contributed by atoms with Gasteiger partial charge in [0.05, 0.1) is 18.2 Å². The van der Waals surface area contributed by atoms with Gasteiger partial charge in [-0.25, -0.2) is 4.79 Å². The Morgan fingerprint density at radius 2 is 1.95 bits per heavy atom. The fraction of sp³-hybridized carbons (Fsp3) is 0.929. The smallest absolute Gasteiger partial charge is 0.410 e. The van der Waals surface area contributed by atoms with E-state index >= 15 is 0 Å². The van der Waals surface area contributed by atoms with Gasteiger partial charge >= 0.3 is 6.09 Å². The van der Waals surface area contributed by atoms with Gasteiger partial charge < -0.3 is 19.1 Å². The third-order valence-electron chi connectivity index (χ3n) is 3.82. The highest BCUT2D eigenvalue weighted by Crippen LogP contribution is 2.36. The van der Waals surface area contributed by atoms with Crippen molar-refractivity contribution in [2.24, 2.45) is 0 Å². The predicted molar refractivity (Wildman–Crippen MR) is 71.1 cm³/mol. The van der Waals surface area contributed by atoms with Crippen LogP contribution in [-0.4, -0.2) is 55.1 Å². The first-order valence-electron chi connectivity index (χ1n) is 6.99. The van der Waals surface area contributed by atoms with Gasteiger partial charge in [-0.15, -0.1) is 0 Å². The molecule has 110 valence electrons. The Morgan fingerprint density at radius 1 is 1.32 bits per heavy atom. The van der Waals surface area contributed by atoms with Crippen LogP contribution < -0.4 is 0 Å². The standard InChI is InChI=1S/C14H25NO4/c1-13(2,3)19-12(16)15(4)11-9-14(18-10-11)5-7-17-8-6-14/h11H,5-10H2,1-4H3/t11-/m1/s1. The summed E-state index contributed by atoms with van der Waals surface area (Å²) in [5.74, 6) is 0. The lowest BCUT2D eigenvalue weighted by molar-refractivity contribution is -0.0778. The molecule has 0 radical (unpaired) electrons. The summed E-state index contributed by atoms with van der Waals surface area (Å²) in [4.78, 5) is 13.7. The van der Waals surface area contributed by atoms with Crippen LogP contribution in [0.5, 0.6) is 0 Å². The fourth-order valence-corrected chi connectivity index (χ4v) is 2.64. The van der Waals surface area contributed by atoms with Crippen molar-refractivity contribution >= 4 is 6.09 Å². The molecule has 2 aliphatic rings. The van der Waals surface area contributed by atoms with Gasteiger partial charge in [0.1, 0.15) is 5.60 Å². The second kappa shape index (κ2) is 5.29. The van der Waals surface area contributed by atoms with Gasteiger partial charge in [0, 0.05) is 20.3 Å². The molecule has 0 aromatic rings. The number of hydrogen-bond acceptors (Lipinski definition) is 4. The number of nitrogens with zero attached hydrogens (tertiary/aromatic N) is 1. The molecular weight excluding hydrogens is 246 g/mol. The number of amides is 1.